The van der Waals surface area contributed by atoms with Crippen molar-refractivity contribution in [1.82, 2.24) is 5.32 Å². The van der Waals surface area contributed by atoms with Crippen LogP contribution in [0.3, 0.4) is 0 Å². The van der Waals surface area contributed by atoms with E-state index in [2.05, 4.69) is 50.4 Å². The Labute approximate surface area is 126 Å². The van der Waals surface area contributed by atoms with Crippen LogP contribution in [0.1, 0.15) is 63.5 Å². The van der Waals surface area contributed by atoms with Crippen LogP contribution >= 0.6 is 0 Å². The van der Waals surface area contributed by atoms with Gasteiger partial charge >= 0.3 is 0 Å². The molecule has 0 aromatic heterocycles. The lowest BCUT2D eigenvalue weighted by Crippen LogP contribution is -2.25. The fraction of sp³-hybridized carbons (Fsp3) is 0.684. The highest BCUT2D eigenvalue weighted by Gasteiger charge is 2.09. The molecule has 20 heavy (non-hydrogen) atoms. The van der Waals surface area contributed by atoms with E-state index in [0.717, 1.165) is 12.5 Å². The van der Waals surface area contributed by atoms with Crippen LogP contribution in [0.2, 0.25) is 0 Å². The second-order valence-corrected chi connectivity index (χ2v) is 6.11. The van der Waals surface area contributed by atoms with Crippen molar-refractivity contribution in [1.29, 1.82) is 0 Å². The molecule has 1 nitrogen and oxygen atoms in total. The highest BCUT2D eigenvalue weighted by Crippen LogP contribution is 2.17. The Bertz CT molecular complexity index is 345. The van der Waals surface area contributed by atoms with E-state index in [-0.39, 0.29) is 0 Å². The van der Waals surface area contributed by atoms with Crippen LogP contribution in [0.4, 0.5) is 0 Å². The monoisotopic (exact) mass is 275 g/mol. The molecule has 1 rings (SSSR count). The van der Waals surface area contributed by atoms with Gasteiger partial charge in [0, 0.05) is 0 Å². The molecule has 0 radical (unpaired) electrons. The summed E-state index contributed by atoms with van der Waals surface area (Å²) < 4.78 is 0. The van der Waals surface area contributed by atoms with E-state index in [0.29, 0.717) is 0 Å². The molecule has 1 aromatic rings. The third kappa shape index (κ3) is 7.69. The normalized spacial score (nSPS) is 12.6. The Balaban J connectivity index is 2.43. The highest BCUT2D eigenvalue weighted by molar-refractivity contribution is 5.22. The average Bonchev–Trinajstić information content (AvgIpc) is 2.43. The molecule has 1 heteroatoms. The topological polar surface area (TPSA) is 12.0 Å². The number of aryl methyl sites for hydroxylation is 1. The number of hydrogen-bond acceptors (Lipinski definition) is 1. The zero-order valence-electron chi connectivity index (χ0n) is 13.8. The smallest absolute Gasteiger partial charge is 0.00173 e. The van der Waals surface area contributed by atoms with Gasteiger partial charge in [-0.3, -0.25) is 0 Å². The molecule has 1 unspecified atom stereocenters. The maximum absolute atomic E-state index is 3.61. The van der Waals surface area contributed by atoms with Crippen molar-refractivity contribution in [2.75, 3.05) is 13.1 Å². The molecule has 1 aromatic carbocycles. The highest BCUT2D eigenvalue weighted by atomic mass is 14.8. The van der Waals surface area contributed by atoms with Gasteiger partial charge in [0.25, 0.3) is 0 Å². The van der Waals surface area contributed by atoms with Gasteiger partial charge in [-0.15, -0.1) is 0 Å². The minimum atomic E-state index is 0.792. The summed E-state index contributed by atoms with van der Waals surface area (Å²) in [5.41, 5.74) is 2.89. The lowest BCUT2D eigenvalue weighted by Gasteiger charge is -2.18. The van der Waals surface area contributed by atoms with Crippen molar-refractivity contribution in [2.24, 2.45) is 5.92 Å². The van der Waals surface area contributed by atoms with Crippen LogP contribution in [0.5, 0.6) is 0 Å². The van der Waals surface area contributed by atoms with Gasteiger partial charge in [0.15, 0.2) is 0 Å². The van der Waals surface area contributed by atoms with Crippen molar-refractivity contribution in [3.8, 4) is 0 Å². The van der Waals surface area contributed by atoms with Crippen LogP contribution < -0.4 is 5.32 Å². The Morgan fingerprint density at radius 3 is 2.60 bits per heavy atom. The van der Waals surface area contributed by atoms with Crippen molar-refractivity contribution in [2.45, 2.75) is 65.7 Å². The van der Waals surface area contributed by atoms with E-state index in [1.165, 1.54) is 62.6 Å². The van der Waals surface area contributed by atoms with E-state index in [9.17, 15) is 0 Å². The fourth-order valence-electron chi connectivity index (χ4n) is 2.79. The maximum atomic E-state index is 3.61. The number of rotatable bonds is 11. The standard InChI is InChI=1S/C19H33N/c1-4-6-7-8-11-19(16-20-13-5-2)15-18-12-9-10-17(3)14-18/h9-10,12,14,19-20H,4-8,11,13,15-16H2,1-3H3. The third-order valence-electron chi connectivity index (χ3n) is 3.93. The van der Waals surface area contributed by atoms with Crippen LogP contribution in [-0.2, 0) is 6.42 Å². The molecule has 1 atom stereocenters. The van der Waals surface area contributed by atoms with Gasteiger partial charge in [0.1, 0.15) is 0 Å². The zero-order chi connectivity index (χ0) is 14.6. The molecule has 0 aliphatic heterocycles. The molecule has 0 aliphatic carbocycles. The molecule has 0 bridgehead atoms. The largest absolute Gasteiger partial charge is 0.316 e. The van der Waals surface area contributed by atoms with Crippen LogP contribution in [0.25, 0.3) is 0 Å². The predicted octanol–water partition coefficient (Wildman–Crippen LogP) is 5.12. The molecule has 0 amide bonds. The second kappa shape index (κ2) is 10.9. The first kappa shape index (κ1) is 17.2. The summed E-state index contributed by atoms with van der Waals surface area (Å²) >= 11 is 0. The summed E-state index contributed by atoms with van der Waals surface area (Å²) in [4.78, 5) is 0. The van der Waals surface area contributed by atoms with E-state index in [1.807, 2.05) is 0 Å². The zero-order valence-corrected chi connectivity index (χ0v) is 13.8. The van der Waals surface area contributed by atoms with Gasteiger partial charge in [-0.05, 0) is 50.8 Å². The van der Waals surface area contributed by atoms with Crippen LogP contribution in [0.15, 0.2) is 24.3 Å². The number of unbranched alkanes of at least 4 members (excludes halogenated alkanes) is 3. The Morgan fingerprint density at radius 1 is 1.05 bits per heavy atom. The van der Waals surface area contributed by atoms with Gasteiger partial charge in [-0.25, -0.2) is 0 Å². The van der Waals surface area contributed by atoms with Crippen LogP contribution in [0, 0.1) is 12.8 Å². The van der Waals surface area contributed by atoms with Crippen molar-refractivity contribution >= 4 is 0 Å². The Hall–Kier alpha value is -0.820. The summed E-state index contributed by atoms with van der Waals surface area (Å²) in [7, 11) is 0. The number of benzene rings is 1. The van der Waals surface area contributed by atoms with E-state index in [1.54, 1.807) is 0 Å². The van der Waals surface area contributed by atoms with Gasteiger partial charge < -0.3 is 5.32 Å². The lowest BCUT2D eigenvalue weighted by atomic mass is 9.93. The summed E-state index contributed by atoms with van der Waals surface area (Å²) in [5, 5.41) is 3.61. The molecule has 0 spiro atoms. The second-order valence-electron chi connectivity index (χ2n) is 6.11. The molecule has 114 valence electrons. The molecule has 1 N–H and O–H groups in total. The number of hydrogen-bond donors (Lipinski definition) is 1. The van der Waals surface area contributed by atoms with Gasteiger partial charge in [0.2, 0.25) is 0 Å². The Morgan fingerprint density at radius 2 is 1.90 bits per heavy atom. The summed E-state index contributed by atoms with van der Waals surface area (Å²) in [6.45, 7) is 9.04. The quantitative estimate of drug-likeness (QED) is 0.552. The molecule has 0 saturated heterocycles. The third-order valence-corrected chi connectivity index (χ3v) is 3.93. The number of nitrogens with one attached hydrogen (secondary N) is 1. The fourth-order valence-corrected chi connectivity index (χ4v) is 2.79. The maximum Gasteiger partial charge on any atom is -0.00173 e. The molecular formula is C19H33N. The summed E-state index contributed by atoms with van der Waals surface area (Å²) in [6.07, 6.45) is 9.32. The Kier molecular flexibility index (Phi) is 9.40. The minimum absolute atomic E-state index is 0.792. The van der Waals surface area contributed by atoms with Crippen LogP contribution in [-0.4, -0.2) is 13.1 Å². The van der Waals surface area contributed by atoms with Gasteiger partial charge in [-0.2, -0.15) is 0 Å². The minimum Gasteiger partial charge on any atom is -0.316 e. The molecule has 0 saturated carbocycles. The molecule has 0 heterocycles. The molecule has 0 fully saturated rings. The molecule has 0 aliphatic rings. The summed E-state index contributed by atoms with van der Waals surface area (Å²) in [6, 6.07) is 9.01. The lowest BCUT2D eigenvalue weighted by molar-refractivity contribution is 0.421. The van der Waals surface area contributed by atoms with Crippen molar-refractivity contribution in [3.05, 3.63) is 35.4 Å². The van der Waals surface area contributed by atoms with Crippen molar-refractivity contribution < 1.29 is 0 Å². The first-order valence-electron chi connectivity index (χ1n) is 8.52. The van der Waals surface area contributed by atoms with E-state index < -0.39 is 0 Å². The van der Waals surface area contributed by atoms with Gasteiger partial charge in [0.05, 0.1) is 0 Å². The van der Waals surface area contributed by atoms with E-state index >= 15 is 0 Å². The summed E-state index contributed by atoms with van der Waals surface area (Å²) in [5.74, 6) is 0.792. The van der Waals surface area contributed by atoms with E-state index in [4.69, 9.17) is 0 Å². The average molecular weight is 275 g/mol. The first-order chi connectivity index (χ1) is 9.76. The SMILES string of the molecule is CCCCCCC(CNCCC)Cc1cccc(C)c1. The molecular weight excluding hydrogens is 242 g/mol. The first-order valence-corrected chi connectivity index (χ1v) is 8.52. The van der Waals surface area contributed by atoms with Crippen molar-refractivity contribution in [3.63, 3.8) is 0 Å². The van der Waals surface area contributed by atoms with Gasteiger partial charge in [-0.1, -0.05) is 69.4 Å². The predicted molar refractivity (Wildman–Crippen MR) is 90.3 cm³/mol.